The Labute approximate surface area is 100 Å². The first-order chi connectivity index (χ1) is 8.24. The Morgan fingerprint density at radius 2 is 1.76 bits per heavy atom. The highest BCUT2D eigenvalue weighted by atomic mass is 16.1. The van der Waals surface area contributed by atoms with Crippen LogP contribution in [0.3, 0.4) is 0 Å². The Balaban J connectivity index is 2.48. The van der Waals surface area contributed by atoms with Gasteiger partial charge in [-0.05, 0) is 41.5 Å². The normalized spacial score (nSPS) is 9.88. The van der Waals surface area contributed by atoms with Crippen LogP contribution in [0.25, 0.3) is 12.2 Å². The summed E-state index contributed by atoms with van der Waals surface area (Å²) in [5, 5.41) is 0. The van der Waals surface area contributed by atoms with E-state index >= 15 is 0 Å². The van der Waals surface area contributed by atoms with Crippen LogP contribution in [-0.2, 0) is 0 Å². The van der Waals surface area contributed by atoms with E-state index in [0.717, 1.165) is 11.1 Å². The first-order valence-corrected chi connectivity index (χ1v) is 5.32. The maximum Gasteiger partial charge on any atom is 0.209 e. The van der Waals surface area contributed by atoms with Gasteiger partial charge >= 0.3 is 0 Å². The molecule has 2 aromatic rings. The molecule has 84 valence electrons. The number of carbonyl (C=O) groups excluding carboxylic acids is 1. The monoisotopic (exact) mass is 223 g/mol. The summed E-state index contributed by atoms with van der Waals surface area (Å²) in [4.78, 5) is 15.1. The molecule has 0 aliphatic carbocycles. The van der Waals surface area contributed by atoms with Gasteiger partial charge in [-0.3, -0.25) is 4.79 Å². The van der Waals surface area contributed by atoms with E-state index in [0.29, 0.717) is 11.3 Å². The Hall–Kier alpha value is -2.35. The van der Waals surface area contributed by atoms with Crippen molar-refractivity contribution in [2.45, 2.75) is 0 Å². The zero-order chi connectivity index (χ0) is 12.3. The largest absolute Gasteiger partial charge is 0.359 e. The molecule has 0 atom stereocenters. The molecule has 0 radical (unpaired) electrons. The zero-order valence-corrected chi connectivity index (χ0v) is 9.44. The average Bonchev–Trinajstić information content (AvgIpc) is 2.91. The molecular formula is C15H13NO. The summed E-state index contributed by atoms with van der Waals surface area (Å²) in [5.41, 5.74) is 3.05. The maximum absolute atomic E-state index is 12.1. The van der Waals surface area contributed by atoms with Crippen molar-refractivity contribution in [1.82, 2.24) is 4.98 Å². The minimum absolute atomic E-state index is 0.0261. The topological polar surface area (TPSA) is 32.9 Å². The SMILES string of the molecule is C=Cc1cc(C=C)cc(C(=O)c2ccc[nH]2)c1. The van der Waals surface area contributed by atoms with Gasteiger partial charge in [0.1, 0.15) is 0 Å². The summed E-state index contributed by atoms with van der Waals surface area (Å²) < 4.78 is 0. The van der Waals surface area contributed by atoms with Crippen LogP contribution in [0.2, 0.25) is 0 Å². The summed E-state index contributed by atoms with van der Waals surface area (Å²) in [7, 11) is 0. The van der Waals surface area contributed by atoms with Crippen LogP contribution in [0, 0.1) is 0 Å². The highest BCUT2D eigenvalue weighted by Gasteiger charge is 2.10. The van der Waals surface area contributed by atoms with Gasteiger partial charge in [0.2, 0.25) is 5.78 Å². The van der Waals surface area contributed by atoms with E-state index in [2.05, 4.69) is 18.1 Å². The molecule has 0 unspecified atom stereocenters. The number of aromatic nitrogens is 1. The number of carbonyl (C=O) groups is 1. The molecule has 17 heavy (non-hydrogen) atoms. The molecule has 1 N–H and O–H groups in total. The third kappa shape index (κ3) is 2.26. The molecule has 1 heterocycles. The standard InChI is InChI=1S/C15H13NO/c1-3-11-8-12(4-2)10-13(9-11)15(17)14-6-5-7-16-14/h3-10,16H,1-2H2. The highest BCUT2D eigenvalue weighted by molar-refractivity contribution is 6.08. The van der Waals surface area contributed by atoms with Crippen LogP contribution in [0.4, 0.5) is 0 Å². The summed E-state index contributed by atoms with van der Waals surface area (Å²) in [6, 6.07) is 9.15. The Bertz CT molecular complexity index is 538. The van der Waals surface area contributed by atoms with Crippen molar-refractivity contribution in [2.24, 2.45) is 0 Å². The van der Waals surface area contributed by atoms with E-state index in [-0.39, 0.29) is 5.78 Å². The minimum atomic E-state index is -0.0261. The average molecular weight is 223 g/mol. The van der Waals surface area contributed by atoms with Gasteiger partial charge in [0.15, 0.2) is 0 Å². The first-order valence-electron chi connectivity index (χ1n) is 5.32. The van der Waals surface area contributed by atoms with Gasteiger partial charge < -0.3 is 4.98 Å². The molecule has 1 aromatic heterocycles. The van der Waals surface area contributed by atoms with Crippen LogP contribution < -0.4 is 0 Å². The van der Waals surface area contributed by atoms with E-state index in [1.165, 1.54) is 0 Å². The highest BCUT2D eigenvalue weighted by Crippen LogP contribution is 2.15. The van der Waals surface area contributed by atoms with Crippen molar-refractivity contribution in [3.63, 3.8) is 0 Å². The first kappa shape index (κ1) is 11.1. The molecule has 0 saturated heterocycles. The summed E-state index contributed by atoms with van der Waals surface area (Å²) in [6.07, 6.45) is 5.18. The summed E-state index contributed by atoms with van der Waals surface area (Å²) in [6.45, 7) is 7.43. The van der Waals surface area contributed by atoms with Crippen molar-refractivity contribution in [1.29, 1.82) is 0 Å². The van der Waals surface area contributed by atoms with Crippen molar-refractivity contribution >= 4 is 17.9 Å². The number of rotatable bonds is 4. The summed E-state index contributed by atoms with van der Waals surface area (Å²) in [5.74, 6) is -0.0261. The van der Waals surface area contributed by atoms with Crippen LogP contribution in [-0.4, -0.2) is 10.8 Å². The Kier molecular flexibility index (Phi) is 3.06. The smallest absolute Gasteiger partial charge is 0.209 e. The molecule has 2 heteroatoms. The Morgan fingerprint density at radius 1 is 1.12 bits per heavy atom. The van der Waals surface area contributed by atoms with Gasteiger partial charge in [-0.2, -0.15) is 0 Å². The number of ketones is 1. The third-order valence-corrected chi connectivity index (χ3v) is 2.55. The second-order valence-corrected chi connectivity index (χ2v) is 3.71. The van der Waals surface area contributed by atoms with E-state index < -0.39 is 0 Å². The van der Waals surface area contributed by atoms with Crippen molar-refractivity contribution in [3.05, 3.63) is 72.1 Å². The lowest BCUT2D eigenvalue weighted by Gasteiger charge is -2.03. The van der Waals surface area contributed by atoms with E-state index in [4.69, 9.17) is 0 Å². The molecular weight excluding hydrogens is 210 g/mol. The molecule has 2 nitrogen and oxygen atoms in total. The molecule has 2 rings (SSSR count). The number of nitrogens with one attached hydrogen (secondary N) is 1. The van der Waals surface area contributed by atoms with Crippen LogP contribution in [0.5, 0.6) is 0 Å². The predicted molar refractivity (Wildman–Crippen MR) is 70.8 cm³/mol. The number of aromatic amines is 1. The van der Waals surface area contributed by atoms with E-state index in [1.807, 2.05) is 18.2 Å². The number of hydrogen-bond donors (Lipinski definition) is 1. The molecule has 0 aliphatic heterocycles. The lowest BCUT2D eigenvalue weighted by atomic mass is 10.0. The lowest BCUT2D eigenvalue weighted by Crippen LogP contribution is -2.02. The molecule has 0 spiro atoms. The maximum atomic E-state index is 12.1. The van der Waals surface area contributed by atoms with Crippen molar-refractivity contribution in [3.8, 4) is 0 Å². The van der Waals surface area contributed by atoms with Gasteiger partial charge in [0.25, 0.3) is 0 Å². The van der Waals surface area contributed by atoms with Gasteiger partial charge in [-0.25, -0.2) is 0 Å². The molecule has 0 fully saturated rings. The fourth-order valence-corrected chi connectivity index (χ4v) is 1.67. The third-order valence-electron chi connectivity index (χ3n) is 2.55. The number of hydrogen-bond acceptors (Lipinski definition) is 1. The van der Waals surface area contributed by atoms with Crippen LogP contribution >= 0.6 is 0 Å². The lowest BCUT2D eigenvalue weighted by molar-refractivity contribution is 0.103. The minimum Gasteiger partial charge on any atom is -0.359 e. The van der Waals surface area contributed by atoms with Crippen molar-refractivity contribution in [2.75, 3.05) is 0 Å². The van der Waals surface area contributed by atoms with Crippen molar-refractivity contribution < 1.29 is 4.79 Å². The fourth-order valence-electron chi connectivity index (χ4n) is 1.67. The molecule has 0 amide bonds. The van der Waals surface area contributed by atoms with Gasteiger partial charge in [0.05, 0.1) is 5.69 Å². The second-order valence-electron chi connectivity index (χ2n) is 3.71. The van der Waals surface area contributed by atoms with Crippen LogP contribution in [0.15, 0.2) is 49.7 Å². The fraction of sp³-hybridized carbons (Fsp3) is 0. The van der Waals surface area contributed by atoms with Gasteiger partial charge in [-0.15, -0.1) is 0 Å². The number of benzene rings is 1. The predicted octanol–water partition coefficient (Wildman–Crippen LogP) is 3.53. The van der Waals surface area contributed by atoms with Crippen LogP contribution in [0.1, 0.15) is 27.2 Å². The zero-order valence-electron chi connectivity index (χ0n) is 9.44. The molecule has 0 bridgehead atoms. The summed E-state index contributed by atoms with van der Waals surface area (Å²) >= 11 is 0. The molecule has 0 aliphatic rings. The quantitative estimate of drug-likeness (QED) is 0.790. The Morgan fingerprint density at radius 3 is 2.24 bits per heavy atom. The number of H-pyrrole nitrogens is 1. The van der Waals surface area contributed by atoms with Gasteiger partial charge in [-0.1, -0.05) is 25.3 Å². The van der Waals surface area contributed by atoms with Gasteiger partial charge in [0, 0.05) is 11.8 Å². The van der Waals surface area contributed by atoms with E-state index in [1.54, 1.807) is 30.5 Å². The van der Waals surface area contributed by atoms with E-state index in [9.17, 15) is 4.79 Å². The second kappa shape index (κ2) is 4.66. The molecule has 1 aromatic carbocycles. The molecule has 0 saturated carbocycles.